The lowest BCUT2D eigenvalue weighted by atomic mass is 9.88. The van der Waals surface area contributed by atoms with E-state index >= 15 is 0 Å². The van der Waals surface area contributed by atoms with E-state index in [4.69, 9.17) is 0 Å². The van der Waals surface area contributed by atoms with Gasteiger partial charge in [-0.3, -0.25) is 9.78 Å². The Morgan fingerprint density at radius 2 is 2.06 bits per heavy atom. The average molecular weight is 246 g/mol. The van der Waals surface area contributed by atoms with Crippen molar-refractivity contribution in [2.24, 2.45) is 5.92 Å². The van der Waals surface area contributed by atoms with Crippen molar-refractivity contribution in [2.45, 2.75) is 32.3 Å². The summed E-state index contributed by atoms with van der Waals surface area (Å²) < 4.78 is 0. The highest BCUT2D eigenvalue weighted by Crippen LogP contribution is 2.44. The molecule has 18 heavy (non-hydrogen) atoms. The predicted octanol–water partition coefficient (Wildman–Crippen LogP) is 1.30. The number of aryl methyl sites for hydroxylation is 2. The molecular weight excluding hydrogens is 228 g/mol. The lowest BCUT2D eigenvalue weighted by Crippen LogP contribution is -2.64. The number of pyridine rings is 1. The van der Waals surface area contributed by atoms with Crippen LogP contribution in [0.5, 0.6) is 0 Å². The first kappa shape index (κ1) is 11.7. The zero-order valence-electron chi connectivity index (χ0n) is 10.8. The van der Waals surface area contributed by atoms with Gasteiger partial charge in [0.2, 0.25) is 0 Å². The van der Waals surface area contributed by atoms with E-state index in [9.17, 15) is 9.90 Å². The van der Waals surface area contributed by atoms with Crippen molar-refractivity contribution in [2.75, 3.05) is 13.1 Å². The second-order valence-corrected chi connectivity index (χ2v) is 5.62. The summed E-state index contributed by atoms with van der Waals surface area (Å²) in [5.41, 5.74) is 1.73. The third-order valence-electron chi connectivity index (χ3n) is 4.01. The van der Waals surface area contributed by atoms with Gasteiger partial charge in [-0.15, -0.1) is 0 Å². The van der Waals surface area contributed by atoms with E-state index < -0.39 is 5.60 Å². The third-order valence-corrected chi connectivity index (χ3v) is 4.01. The Bertz CT molecular complexity index is 503. The van der Waals surface area contributed by atoms with Gasteiger partial charge in [-0.25, -0.2) is 0 Å². The lowest BCUT2D eigenvalue weighted by Gasteiger charge is -2.47. The normalized spacial score (nSPS) is 21.6. The molecule has 1 aliphatic carbocycles. The maximum absolute atomic E-state index is 12.3. The summed E-state index contributed by atoms with van der Waals surface area (Å²) in [6.07, 6.45) is 2.20. The molecule has 1 N–H and O–H groups in total. The predicted molar refractivity (Wildman–Crippen MR) is 67.3 cm³/mol. The van der Waals surface area contributed by atoms with Crippen LogP contribution in [-0.2, 0) is 0 Å². The number of amides is 1. The zero-order chi connectivity index (χ0) is 12.9. The zero-order valence-corrected chi connectivity index (χ0v) is 10.8. The standard InChI is InChI=1S/C14H18N2O2/c1-9-3-6-12(10(2)15-9)13(17)16-7-14(18,8-16)11-4-5-11/h3,6,11,18H,4-5,7-8H2,1-2H3. The van der Waals surface area contributed by atoms with Crippen LogP contribution in [0.2, 0.25) is 0 Å². The fraction of sp³-hybridized carbons (Fsp3) is 0.571. The fourth-order valence-electron chi connectivity index (χ4n) is 2.72. The Hall–Kier alpha value is -1.42. The van der Waals surface area contributed by atoms with E-state index in [2.05, 4.69) is 4.98 Å². The van der Waals surface area contributed by atoms with Gasteiger partial charge in [0.1, 0.15) is 5.60 Å². The van der Waals surface area contributed by atoms with Gasteiger partial charge in [-0.1, -0.05) is 0 Å². The van der Waals surface area contributed by atoms with Crippen molar-refractivity contribution in [3.63, 3.8) is 0 Å². The molecule has 1 amide bonds. The molecule has 0 spiro atoms. The van der Waals surface area contributed by atoms with Crippen LogP contribution in [0, 0.1) is 19.8 Å². The van der Waals surface area contributed by atoms with Crippen LogP contribution in [0.4, 0.5) is 0 Å². The summed E-state index contributed by atoms with van der Waals surface area (Å²) in [7, 11) is 0. The monoisotopic (exact) mass is 246 g/mol. The quantitative estimate of drug-likeness (QED) is 0.855. The highest BCUT2D eigenvalue weighted by molar-refractivity contribution is 5.96. The van der Waals surface area contributed by atoms with Crippen LogP contribution in [0.25, 0.3) is 0 Å². The van der Waals surface area contributed by atoms with Crippen molar-refractivity contribution in [3.8, 4) is 0 Å². The maximum atomic E-state index is 12.3. The minimum absolute atomic E-state index is 0.00896. The molecule has 1 aromatic heterocycles. The van der Waals surface area contributed by atoms with E-state index in [1.807, 2.05) is 26.0 Å². The number of hydrogen-bond acceptors (Lipinski definition) is 3. The Balaban J connectivity index is 1.72. The molecule has 0 unspecified atom stereocenters. The molecule has 0 aromatic carbocycles. The third kappa shape index (κ3) is 1.81. The van der Waals surface area contributed by atoms with Crippen molar-refractivity contribution in [1.82, 2.24) is 9.88 Å². The molecule has 2 fully saturated rings. The molecule has 1 aliphatic heterocycles. The van der Waals surface area contributed by atoms with Gasteiger partial charge in [0.05, 0.1) is 24.3 Å². The molecule has 1 saturated heterocycles. The van der Waals surface area contributed by atoms with E-state index in [0.717, 1.165) is 24.2 Å². The molecule has 4 heteroatoms. The van der Waals surface area contributed by atoms with E-state index in [0.29, 0.717) is 24.6 Å². The molecule has 0 radical (unpaired) electrons. The smallest absolute Gasteiger partial charge is 0.255 e. The molecule has 2 aliphatic rings. The number of aliphatic hydroxyl groups is 1. The summed E-state index contributed by atoms with van der Waals surface area (Å²) in [6, 6.07) is 3.68. The van der Waals surface area contributed by atoms with Crippen LogP contribution in [-0.4, -0.2) is 39.6 Å². The van der Waals surface area contributed by atoms with Crippen molar-refractivity contribution in [3.05, 3.63) is 29.1 Å². The Morgan fingerprint density at radius 3 is 2.61 bits per heavy atom. The van der Waals surface area contributed by atoms with Crippen molar-refractivity contribution >= 4 is 5.91 Å². The van der Waals surface area contributed by atoms with Gasteiger partial charge < -0.3 is 10.0 Å². The van der Waals surface area contributed by atoms with Gasteiger partial charge in [0.15, 0.2) is 0 Å². The lowest BCUT2D eigenvalue weighted by molar-refractivity contribution is -0.0958. The summed E-state index contributed by atoms with van der Waals surface area (Å²) in [5.74, 6) is 0.407. The van der Waals surface area contributed by atoms with Crippen LogP contribution in [0.3, 0.4) is 0 Å². The molecule has 0 bridgehead atoms. The summed E-state index contributed by atoms with van der Waals surface area (Å²) in [5, 5.41) is 10.2. The van der Waals surface area contributed by atoms with Crippen molar-refractivity contribution in [1.29, 1.82) is 0 Å². The fourth-order valence-corrected chi connectivity index (χ4v) is 2.72. The van der Waals surface area contributed by atoms with Gasteiger partial charge >= 0.3 is 0 Å². The molecule has 2 heterocycles. The van der Waals surface area contributed by atoms with Gasteiger partial charge in [-0.2, -0.15) is 0 Å². The molecular formula is C14H18N2O2. The molecule has 4 nitrogen and oxygen atoms in total. The maximum Gasteiger partial charge on any atom is 0.255 e. The highest BCUT2D eigenvalue weighted by atomic mass is 16.3. The minimum atomic E-state index is -0.609. The first-order valence-corrected chi connectivity index (χ1v) is 6.45. The summed E-state index contributed by atoms with van der Waals surface area (Å²) >= 11 is 0. The Labute approximate surface area is 107 Å². The summed E-state index contributed by atoms with van der Waals surface area (Å²) in [6.45, 7) is 4.72. The van der Waals surface area contributed by atoms with E-state index in [1.54, 1.807) is 4.90 Å². The van der Waals surface area contributed by atoms with Crippen LogP contribution >= 0.6 is 0 Å². The number of aromatic nitrogens is 1. The SMILES string of the molecule is Cc1ccc(C(=O)N2CC(O)(C3CC3)C2)c(C)n1. The largest absolute Gasteiger partial charge is 0.386 e. The van der Waals surface area contributed by atoms with E-state index in [-0.39, 0.29) is 5.91 Å². The molecule has 1 aromatic rings. The number of nitrogens with zero attached hydrogens (tertiary/aromatic N) is 2. The Kier molecular flexibility index (Phi) is 2.45. The van der Waals surface area contributed by atoms with Crippen LogP contribution in [0.15, 0.2) is 12.1 Å². The van der Waals surface area contributed by atoms with Crippen molar-refractivity contribution < 1.29 is 9.90 Å². The molecule has 0 atom stereocenters. The average Bonchev–Trinajstić information content (AvgIpc) is 3.08. The molecule has 96 valence electrons. The minimum Gasteiger partial charge on any atom is -0.386 e. The van der Waals surface area contributed by atoms with Gasteiger partial charge in [0, 0.05) is 5.69 Å². The molecule has 3 rings (SSSR count). The summed E-state index contributed by atoms with van der Waals surface area (Å²) in [4.78, 5) is 18.3. The van der Waals surface area contributed by atoms with Gasteiger partial charge in [-0.05, 0) is 44.7 Å². The Morgan fingerprint density at radius 1 is 1.39 bits per heavy atom. The van der Waals surface area contributed by atoms with E-state index in [1.165, 1.54) is 0 Å². The molecule has 1 saturated carbocycles. The van der Waals surface area contributed by atoms with Gasteiger partial charge in [0.25, 0.3) is 5.91 Å². The van der Waals surface area contributed by atoms with Crippen LogP contribution < -0.4 is 0 Å². The number of carbonyl (C=O) groups is 1. The number of rotatable bonds is 2. The second kappa shape index (κ2) is 3.79. The number of hydrogen-bond donors (Lipinski definition) is 1. The second-order valence-electron chi connectivity index (χ2n) is 5.62. The first-order chi connectivity index (χ1) is 8.49. The number of carbonyl (C=O) groups excluding carboxylic acids is 1. The highest BCUT2D eigenvalue weighted by Gasteiger charge is 2.53. The topological polar surface area (TPSA) is 53.4 Å². The number of β-amino-alcohol motifs (C(OH)–C–C–N with tert-alkyl or cyclic N) is 1. The van der Waals surface area contributed by atoms with Crippen LogP contribution in [0.1, 0.15) is 34.6 Å². The number of likely N-dealkylation sites (tertiary alicyclic amines) is 1. The first-order valence-electron chi connectivity index (χ1n) is 6.45.